The maximum absolute atomic E-state index is 9.65. The highest BCUT2D eigenvalue weighted by atomic mass is 16.3. The number of aromatic hydroxyl groups is 1. The van der Waals surface area contributed by atoms with Gasteiger partial charge in [0.25, 0.3) is 0 Å². The van der Waals surface area contributed by atoms with Gasteiger partial charge in [0.1, 0.15) is 11.4 Å². The summed E-state index contributed by atoms with van der Waals surface area (Å²) in [6.07, 6.45) is 5.14. The Balaban J connectivity index is 2.22. The first kappa shape index (κ1) is 10.7. The number of hydrogen-bond donors (Lipinski definition) is 2. The van der Waals surface area contributed by atoms with Crippen molar-refractivity contribution in [1.29, 1.82) is 0 Å². The number of phenolic OH excluding ortho intramolecular Hbond substituents is 1. The lowest BCUT2D eigenvalue weighted by molar-refractivity contribution is 0.288. The summed E-state index contributed by atoms with van der Waals surface area (Å²) in [6, 6.07) is 7.06. The minimum atomic E-state index is 0.182. The zero-order chi connectivity index (χ0) is 11.4. The van der Waals surface area contributed by atoms with Crippen molar-refractivity contribution in [1.82, 2.24) is 9.78 Å². The van der Waals surface area contributed by atoms with Gasteiger partial charge in [0.2, 0.25) is 0 Å². The number of benzene rings is 1. The number of rotatable bonds is 4. The summed E-state index contributed by atoms with van der Waals surface area (Å²) in [7, 11) is 0. The average Bonchev–Trinajstić information content (AvgIpc) is 2.75. The third-order valence-electron chi connectivity index (χ3n) is 2.39. The summed E-state index contributed by atoms with van der Waals surface area (Å²) in [6.45, 7) is 0.182. The van der Waals surface area contributed by atoms with Crippen molar-refractivity contribution < 1.29 is 10.2 Å². The van der Waals surface area contributed by atoms with Crippen LogP contribution >= 0.6 is 0 Å². The summed E-state index contributed by atoms with van der Waals surface area (Å²) in [5.41, 5.74) is 1.72. The molecular formula is C12H14N2O2. The highest BCUT2D eigenvalue weighted by molar-refractivity contribution is 5.44. The summed E-state index contributed by atoms with van der Waals surface area (Å²) in [5.74, 6) is 0.208. The van der Waals surface area contributed by atoms with E-state index in [0.29, 0.717) is 5.69 Å². The van der Waals surface area contributed by atoms with Crippen LogP contribution in [0.3, 0.4) is 0 Å². The zero-order valence-electron chi connectivity index (χ0n) is 8.87. The van der Waals surface area contributed by atoms with Gasteiger partial charge in [-0.1, -0.05) is 12.1 Å². The maximum atomic E-state index is 9.65. The Bertz CT molecular complexity index is 466. The van der Waals surface area contributed by atoms with E-state index in [0.717, 1.165) is 18.4 Å². The Labute approximate surface area is 93.8 Å². The molecule has 1 aromatic carbocycles. The molecule has 0 spiro atoms. The second kappa shape index (κ2) is 4.81. The van der Waals surface area contributed by atoms with Crippen LogP contribution in [0.4, 0.5) is 0 Å². The number of hydrogen-bond acceptors (Lipinski definition) is 3. The van der Waals surface area contributed by atoms with Gasteiger partial charge in [-0.15, -0.1) is 0 Å². The van der Waals surface area contributed by atoms with Gasteiger partial charge in [-0.05, 0) is 30.5 Å². The fourth-order valence-corrected chi connectivity index (χ4v) is 1.56. The molecule has 16 heavy (non-hydrogen) atoms. The standard InChI is InChI=1S/C12H14N2O2/c15-7-3-4-10-8-13-14(9-10)11-5-1-2-6-12(11)16/h1-2,5-6,8-9,15-16H,3-4,7H2. The molecule has 0 aliphatic rings. The monoisotopic (exact) mass is 218 g/mol. The molecule has 2 rings (SSSR count). The van der Waals surface area contributed by atoms with Gasteiger partial charge in [0.15, 0.2) is 0 Å². The van der Waals surface area contributed by atoms with E-state index in [1.165, 1.54) is 0 Å². The molecule has 0 radical (unpaired) electrons. The third kappa shape index (κ3) is 2.23. The minimum absolute atomic E-state index is 0.182. The Hall–Kier alpha value is -1.81. The van der Waals surface area contributed by atoms with Gasteiger partial charge < -0.3 is 10.2 Å². The van der Waals surface area contributed by atoms with Crippen molar-refractivity contribution in [3.63, 3.8) is 0 Å². The molecule has 0 aliphatic carbocycles. The highest BCUT2D eigenvalue weighted by Gasteiger charge is 2.04. The molecule has 0 atom stereocenters. The van der Waals surface area contributed by atoms with Gasteiger partial charge in [-0.2, -0.15) is 5.10 Å². The Kier molecular flexibility index (Phi) is 3.22. The van der Waals surface area contributed by atoms with Crippen LogP contribution in [-0.4, -0.2) is 26.6 Å². The van der Waals surface area contributed by atoms with Crippen LogP contribution in [0.25, 0.3) is 5.69 Å². The molecular weight excluding hydrogens is 204 g/mol. The molecule has 2 N–H and O–H groups in total. The molecule has 1 aromatic heterocycles. The SMILES string of the molecule is OCCCc1cnn(-c2ccccc2O)c1. The van der Waals surface area contributed by atoms with E-state index in [4.69, 9.17) is 5.11 Å². The van der Waals surface area contributed by atoms with Crippen molar-refractivity contribution >= 4 is 0 Å². The van der Waals surface area contributed by atoms with Crippen LogP contribution in [0.15, 0.2) is 36.7 Å². The van der Waals surface area contributed by atoms with Crippen molar-refractivity contribution in [3.8, 4) is 11.4 Å². The lowest BCUT2D eigenvalue weighted by atomic mass is 10.2. The fourth-order valence-electron chi connectivity index (χ4n) is 1.56. The minimum Gasteiger partial charge on any atom is -0.506 e. The van der Waals surface area contributed by atoms with Crippen molar-refractivity contribution in [2.24, 2.45) is 0 Å². The lowest BCUT2D eigenvalue weighted by Crippen LogP contribution is -1.94. The molecule has 0 amide bonds. The molecule has 84 valence electrons. The van der Waals surface area contributed by atoms with Crippen molar-refractivity contribution in [2.75, 3.05) is 6.61 Å². The smallest absolute Gasteiger partial charge is 0.141 e. The average molecular weight is 218 g/mol. The van der Waals surface area contributed by atoms with Crippen molar-refractivity contribution in [2.45, 2.75) is 12.8 Å². The first-order chi connectivity index (χ1) is 7.81. The fraction of sp³-hybridized carbons (Fsp3) is 0.250. The van der Waals surface area contributed by atoms with Gasteiger partial charge in [0, 0.05) is 12.8 Å². The predicted octanol–water partition coefficient (Wildman–Crippen LogP) is 1.50. The largest absolute Gasteiger partial charge is 0.506 e. The Morgan fingerprint density at radius 1 is 1.25 bits per heavy atom. The van der Waals surface area contributed by atoms with Gasteiger partial charge in [-0.3, -0.25) is 0 Å². The summed E-state index contributed by atoms with van der Waals surface area (Å²) >= 11 is 0. The van der Waals surface area contributed by atoms with Gasteiger partial charge in [0.05, 0.1) is 6.20 Å². The van der Waals surface area contributed by atoms with E-state index in [-0.39, 0.29) is 12.4 Å². The summed E-state index contributed by atoms with van der Waals surface area (Å²) < 4.78 is 1.64. The van der Waals surface area contributed by atoms with E-state index in [1.807, 2.05) is 12.3 Å². The van der Waals surface area contributed by atoms with Crippen LogP contribution in [-0.2, 0) is 6.42 Å². The van der Waals surface area contributed by atoms with Crippen LogP contribution in [0, 0.1) is 0 Å². The topological polar surface area (TPSA) is 58.3 Å². The number of phenols is 1. The second-order valence-corrected chi connectivity index (χ2v) is 3.61. The third-order valence-corrected chi connectivity index (χ3v) is 2.39. The van der Waals surface area contributed by atoms with E-state index in [9.17, 15) is 5.11 Å². The number of nitrogens with zero attached hydrogens (tertiary/aromatic N) is 2. The van der Waals surface area contributed by atoms with Gasteiger partial charge in [-0.25, -0.2) is 4.68 Å². The number of aliphatic hydroxyl groups is 1. The number of aromatic nitrogens is 2. The van der Waals surface area contributed by atoms with E-state index in [2.05, 4.69) is 5.10 Å². The molecule has 0 unspecified atom stereocenters. The molecule has 4 nitrogen and oxygen atoms in total. The maximum Gasteiger partial charge on any atom is 0.141 e. The van der Waals surface area contributed by atoms with E-state index in [1.54, 1.807) is 29.1 Å². The van der Waals surface area contributed by atoms with Crippen LogP contribution in [0.5, 0.6) is 5.75 Å². The van der Waals surface area contributed by atoms with E-state index >= 15 is 0 Å². The van der Waals surface area contributed by atoms with Crippen molar-refractivity contribution in [3.05, 3.63) is 42.2 Å². The first-order valence-electron chi connectivity index (χ1n) is 5.24. The normalized spacial score (nSPS) is 10.6. The van der Waals surface area contributed by atoms with Gasteiger partial charge >= 0.3 is 0 Å². The highest BCUT2D eigenvalue weighted by Crippen LogP contribution is 2.20. The quantitative estimate of drug-likeness (QED) is 0.817. The number of para-hydroxylation sites is 2. The molecule has 2 aromatic rings. The zero-order valence-corrected chi connectivity index (χ0v) is 8.87. The molecule has 0 bridgehead atoms. The van der Waals surface area contributed by atoms with Crippen LogP contribution in [0.1, 0.15) is 12.0 Å². The molecule has 4 heteroatoms. The molecule has 1 heterocycles. The summed E-state index contributed by atoms with van der Waals surface area (Å²) in [5, 5.41) is 22.6. The number of aryl methyl sites for hydroxylation is 1. The second-order valence-electron chi connectivity index (χ2n) is 3.61. The Morgan fingerprint density at radius 2 is 2.06 bits per heavy atom. The van der Waals surface area contributed by atoms with E-state index < -0.39 is 0 Å². The van der Waals surface area contributed by atoms with Crippen LogP contribution < -0.4 is 0 Å². The molecule has 0 saturated heterocycles. The number of aliphatic hydroxyl groups excluding tert-OH is 1. The lowest BCUT2D eigenvalue weighted by Gasteiger charge is -2.02. The van der Waals surface area contributed by atoms with Crippen LogP contribution in [0.2, 0.25) is 0 Å². The molecule has 0 aliphatic heterocycles. The first-order valence-corrected chi connectivity index (χ1v) is 5.24. The predicted molar refractivity (Wildman–Crippen MR) is 60.6 cm³/mol. The molecule has 0 saturated carbocycles. The Morgan fingerprint density at radius 3 is 2.81 bits per heavy atom. The molecule has 0 fully saturated rings. The summed E-state index contributed by atoms with van der Waals surface area (Å²) in [4.78, 5) is 0.